The number of likely N-dealkylation sites (tertiary alicyclic amines) is 2. The summed E-state index contributed by atoms with van der Waals surface area (Å²) in [6.45, 7) is 7.44. The van der Waals surface area contributed by atoms with E-state index in [2.05, 4.69) is 17.9 Å². The summed E-state index contributed by atoms with van der Waals surface area (Å²) in [7, 11) is 0. The molecule has 1 amide bonds. The first-order valence-corrected chi connectivity index (χ1v) is 11.1. The fraction of sp³-hybridized carbons (Fsp3) is 0.700. The van der Waals surface area contributed by atoms with Crippen molar-refractivity contribution in [3.63, 3.8) is 0 Å². The Bertz CT molecular complexity index is 726. The van der Waals surface area contributed by atoms with Gasteiger partial charge in [0.05, 0.1) is 5.75 Å². The molecule has 2 atom stereocenters. The number of aromatic nitrogens is 1. The van der Waals surface area contributed by atoms with E-state index in [1.807, 2.05) is 15.5 Å². The van der Waals surface area contributed by atoms with Crippen molar-refractivity contribution in [2.45, 2.75) is 45.2 Å². The molecule has 0 aliphatic carbocycles. The molecule has 0 saturated carbocycles. The Kier molecular flexibility index (Phi) is 5.41. The molecular weight excluding hydrogens is 346 g/mol. The number of rotatable bonds is 5. The Morgan fingerprint density at radius 2 is 2.00 bits per heavy atom. The van der Waals surface area contributed by atoms with E-state index in [1.54, 1.807) is 11.8 Å². The van der Waals surface area contributed by atoms with Gasteiger partial charge in [-0.3, -0.25) is 14.5 Å². The quantitative estimate of drug-likeness (QED) is 0.791. The van der Waals surface area contributed by atoms with E-state index in [-0.39, 0.29) is 11.5 Å². The number of nitrogens with zero attached hydrogens (tertiary/aromatic N) is 3. The fourth-order valence-corrected chi connectivity index (χ4v) is 5.34. The van der Waals surface area contributed by atoms with Gasteiger partial charge in [-0.25, -0.2) is 0 Å². The van der Waals surface area contributed by atoms with E-state index < -0.39 is 0 Å². The molecule has 26 heavy (non-hydrogen) atoms. The lowest BCUT2D eigenvalue weighted by molar-refractivity contribution is -0.131. The SMILES string of the molecule is CCSCC(=O)N1C[C@@H]2C[C@H](C1)c1ccc(CN3CCCC3)c(=O)n1C2. The number of fused-ring (bicyclic) bond motifs is 4. The Balaban J connectivity index is 1.52. The molecular formula is C20H29N3O2S. The first kappa shape index (κ1) is 18.1. The van der Waals surface area contributed by atoms with Crippen LogP contribution in [-0.2, 0) is 17.9 Å². The van der Waals surface area contributed by atoms with Gasteiger partial charge in [0.2, 0.25) is 5.91 Å². The first-order chi connectivity index (χ1) is 12.7. The summed E-state index contributed by atoms with van der Waals surface area (Å²) in [5.41, 5.74) is 2.27. The lowest BCUT2D eigenvalue weighted by atomic mass is 9.83. The van der Waals surface area contributed by atoms with Crippen molar-refractivity contribution in [3.05, 3.63) is 33.7 Å². The Morgan fingerprint density at radius 3 is 2.77 bits per heavy atom. The number of hydrogen-bond donors (Lipinski definition) is 0. The van der Waals surface area contributed by atoms with Crippen LogP contribution < -0.4 is 5.56 Å². The second-order valence-electron chi connectivity index (χ2n) is 7.92. The molecule has 0 aromatic carbocycles. The zero-order valence-corrected chi connectivity index (χ0v) is 16.5. The smallest absolute Gasteiger partial charge is 0.255 e. The minimum atomic E-state index is 0.199. The predicted octanol–water partition coefficient (Wildman–Crippen LogP) is 2.14. The van der Waals surface area contributed by atoms with Gasteiger partial charge in [0.1, 0.15) is 0 Å². The molecule has 4 heterocycles. The van der Waals surface area contributed by atoms with Crippen LogP contribution in [0.1, 0.15) is 43.4 Å². The molecule has 5 nitrogen and oxygen atoms in total. The maximum absolute atomic E-state index is 13.0. The monoisotopic (exact) mass is 375 g/mol. The third kappa shape index (κ3) is 3.58. The van der Waals surface area contributed by atoms with E-state index in [0.717, 1.165) is 62.7 Å². The van der Waals surface area contributed by atoms with Crippen LogP contribution in [-0.4, -0.2) is 58.0 Å². The highest BCUT2D eigenvalue weighted by atomic mass is 32.2. The van der Waals surface area contributed by atoms with Crippen LogP contribution in [0.4, 0.5) is 0 Å². The third-order valence-electron chi connectivity index (χ3n) is 6.06. The molecule has 3 aliphatic rings. The van der Waals surface area contributed by atoms with E-state index in [9.17, 15) is 9.59 Å². The molecule has 142 valence electrons. The molecule has 0 radical (unpaired) electrons. The normalized spacial score (nSPS) is 25.3. The zero-order valence-electron chi connectivity index (χ0n) is 15.7. The summed E-state index contributed by atoms with van der Waals surface area (Å²) in [5.74, 6) is 2.54. The molecule has 2 bridgehead atoms. The van der Waals surface area contributed by atoms with E-state index >= 15 is 0 Å². The van der Waals surface area contributed by atoms with Crippen LogP contribution in [0.3, 0.4) is 0 Å². The number of carbonyl (C=O) groups is 1. The topological polar surface area (TPSA) is 45.6 Å². The van der Waals surface area contributed by atoms with Gasteiger partial charge in [0.15, 0.2) is 0 Å². The number of carbonyl (C=O) groups excluding carboxylic acids is 1. The zero-order chi connectivity index (χ0) is 18.1. The molecule has 1 aromatic heterocycles. The summed E-state index contributed by atoms with van der Waals surface area (Å²) in [4.78, 5) is 29.9. The van der Waals surface area contributed by atoms with Gasteiger partial charge in [0.25, 0.3) is 5.56 Å². The Morgan fingerprint density at radius 1 is 1.19 bits per heavy atom. The van der Waals surface area contributed by atoms with Crippen LogP contribution in [0.25, 0.3) is 0 Å². The van der Waals surface area contributed by atoms with Crippen molar-refractivity contribution in [1.82, 2.24) is 14.4 Å². The lowest BCUT2D eigenvalue weighted by Crippen LogP contribution is -2.50. The molecule has 2 saturated heterocycles. The predicted molar refractivity (Wildman–Crippen MR) is 106 cm³/mol. The largest absolute Gasteiger partial charge is 0.341 e. The van der Waals surface area contributed by atoms with Gasteiger partial charge >= 0.3 is 0 Å². The molecule has 1 aromatic rings. The second-order valence-corrected chi connectivity index (χ2v) is 9.19. The van der Waals surface area contributed by atoms with Gasteiger partial charge in [-0.05, 0) is 50.1 Å². The molecule has 0 N–H and O–H groups in total. The van der Waals surface area contributed by atoms with Gasteiger partial charge in [0, 0.05) is 43.4 Å². The summed E-state index contributed by atoms with van der Waals surface area (Å²) >= 11 is 1.69. The summed E-state index contributed by atoms with van der Waals surface area (Å²) in [6.07, 6.45) is 3.60. The minimum Gasteiger partial charge on any atom is -0.341 e. The van der Waals surface area contributed by atoms with Crippen LogP contribution in [0.2, 0.25) is 0 Å². The van der Waals surface area contributed by atoms with Crippen molar-refractivity contribution in [2.24, 2.45) is 5.92 Å². The van der Waals surface area contributed by atoms with Crippen LogP contribution in [0.15, 0.2) is 16.9 Å². The number of amides is 1. The highest BCUT2D eigenvalue weighted by Crippen LogP contribution is 2.35. The van der Waals surface area contributed by atoms with Crippen molar-refractivity contribution in [1.29, 1.82) is 0 Å². The lowest BCUT2D eigenvalue weighted by Gasteiger charge is -2.43. The van der Waals surface area contributed by atoms with E-state index in [1.165, 1.54) is 12.8 Å². The Hall–Kier alpha value is -1.27. The van der Waals surface area contributed by atoms with Gasteiger partial charge in [-0.2, -0.15) is 11.8 Å². The first-order valence-electron chi connectivity index (χ1n) is 9.96. The third-order valence-corrected chi connectivity index (χ3v) is 6.92. The molecule has 2 fully saturated rings. The second kappa shape index (κ2) is 7.77. The molecule has 4 rings (SSSR count). The number of thioether (sulfide) groups is 1. The van der Waals surface area contributed by atoms with Gasteiger partial charge in [-0.1, -0.05) is 13.0 Å². The summed E-state index contributed by atoms with van der Waals surface area (Å²) in [6, 6.07) is 4.20. The summed E-state index contributed by atoms with van der Waals surface area (Å²) in [5, 5.41) is 0. The summed E-state index contributed by atoms with van der Waals surface area (Å²) < 4.78 is 2.02. The van der Waals surface area contributed by atoms with Gasteiger partial charge < -0.3 is 9.47 Å². The maximum Gasteiger partial charge on any atom is 0.255 e. The highest BCUT2D eigenvalue weighted by Gasteiger charge is 2.36. The van der Waals surface area contributed by atoms with Crippen LogP contribution in [0.5, 0.6) is 0 Å². The van der Waals surface area contributed by atoms with Crippen LogP contribution in [0, 0.1) is 5.92 Å². The van der Waals surface area contributed by atoms with Crippen molar-refractivity contribution in [2.75, 3.05) is 37.7 Å². The number of pyridine rings is 1. The number of piperidine rings is 1. The maximum atomic E-state index is 13.0. The van der Waals surface area contributed by atoms with Crippen LogP contribution >= 0.6 is 11.8 Å². The number of hydrogen-bond acceptors (Lipinski definition) is 4. The molecule has 0 unspecified atom stereocenters. The van der Waals surface area contributed by atoms with Crippen molar-refractivity contribution in [3.8, 4) is 0 Å². The highest BCUT2D eigenvalue weighted by molar-refractivity contribution is 7.99. The Labute approximate surface area is 159 Å². The fourth-order valence-electron chi connectivity index (χ4n) is 4.78. The molecule has 0 spiro atoms. The van der Waals surface area contributed by atoms with Crippen molar-refractivity contribution < 1.29 is 4.79 Å². The van der Waals surface area contributed by atoms with Crippen molar-refractivity contribution >= 4 is 17.7 Å². The average molecular weight is 376 g/mol. The minimum absolute atomic E-state index is 0.199. The molecule has 6 heteroatoms. The standard InChI is InChI=1S/C20H29N3O2S/c1-2-26-14-19(24)22-10-15-9-17(13-22)18-6-5-16(20(25)23(18)11-15)12-21-7-3-4-8-21/h5-6,15,17H,2-4,7-14H2,1H3/t15-,17+/m0/s1. The van der Waals surface area contributed by atoms with E-state index in [4.69, 9.17) is 0 Å². The van der Waals surface area contributed by atoms with E-state index in [0.29, 0.717) is 17.6 Å². The average Bonchev–Trinajstić information content (AvgIpc) is 3.15. The molecule has 3 aliphatic heterocycles. The van der Waals surface area contributed by atoms with Gasteiger partial charge in [-0.15, -0.1) is 0 Å².